The molecule has 1 aromatic rings. The van der Waals surface area contributed by atoms with E-state index in [0.717, 1.165) is 0 Å². The van der Waals surface area contributed by atoms with Gasteiger partial charge in [-0.15, -0.1) is 0 Å². The Kier molecular flexibility index (Phi) is 4.52. The summed E-state index contributed by atoms with van der Waals surface area (Å²) in [7, 11) is 1.55. The highest BCUT2D eigenvalue weighted by atomic mass is 79.9. The van der Waals surface area contributed by atoms with Crippen molar-refractivity contribution in [3.8, 4) is 0 Å². The highest BCUT2D eigenvalue weighted by Crippen LogP contribution is 2.39. The minimum Gasteiger partial charge on any atom is -0.309 e. The normalized spacial score (nSPS) is 20.1. The molecule has 0 radical (unpaired) electrons. The number of carbonyl (C=O) groups is 1. The molecule has 4 nitrogen and oxygen atoms in total. The Morgan fingerprint density at radius 3 is 2.21 bits per heavy atom. The standard InChI is InChI=1S/C10H7Br2Cl2NO3S/c11-7-1-5(13)2-8(12)10(7)15-4-6(3-9(15)16)19(14,17)18/h1-2,6H,3-4H2. The van der Waals surface area contributed by atoms with Crippen LogP contribution in [0.5, 0.6) is 0 Å². The lowest BCUT2D eigenvalue weighted by atomic mass is 10.3. The van der Waals surface area contributed by atoms with Crippen molar-refractivity contribution in [1.29, 1.82) is 0 Å². The van der Waals surface area contributed by atoms with Gasteiger partial charge in [0.25, 0.3) is 0 Å². The number of amides is 1. The number of rotatable bonds is 2. The maximum Gasteiger partial charge on any atom is 0.237 e. The summed E-state index contributed by atoms with van der Waals surface area (Å²) in [4.78, 5) is 13.3. The van der Waals surface area contributed by atoms with Crippen LogP contribution in [0, 0.1) is 0 Å². The molecule has 104 valence electrons. The van der Waals surface area contributed by atoms with Crippen LogP contribution in [0.15, 0.2) is 21.1 Å². The zero-order chi connectivity index (χ0) is 14.4. The Balaban J connectivity index is 2.42. The van der Waals surface area contributed by atoms with Crippen LogP contribution in [0.4, 0.5) is 5.69 Å². The number of hydrogen-bond donors (Lipinski definition) is 0. The predicted octanol–water partition coefficient (Wildman–Crippen LogP) is 3.54. The van der Waals surface area contributed by atoms with E-state index in [4.69, 9.17) is 22.3 Å². The van der Waals surface area contributed by atoms with Gasteiger partial charge in [0.2, 0.25) is 15.0 Å². The van der Waals surface area contributed by atoms with Crippen molar-refractivity contribution in [3.05, 3.63) is 26.1 Å². The second-order valence-corrected chi connectivity index (χ2v) is 9.08. The molecule has 2 rings (SSSR count). The van der Waals surface area contributed by atoms with Crippen LogP contribution in [-0.4, -0.2) is 26.1 Å². The molecule has 1 aliphatic heterocycles. The fourth-order valence-corrected chi connectivity index (χ4v) is 5.00. The lowest BCUT2D eigenvalue weighted by molar-refractivity contribution is -0.117. The van der Waals surface area contributed by atoms with Gasteiger partial charge in [-0.25, -0.2) is 8.42 Å². The topological polar surface area (TPSA) is 54.5 Å². The number of halogens is 4. The molecule has 0 aromatic heterocycles. The predicted molar refractivity (Wildman–Crippen MR) is 82.4 cm³/mol. The van der Waals surface area contributed by atoms with Crippen LogP contribution in [0.25, 0.3) is 0 Å². The van der Waals surface area contributed by atoms with Gasteiger partial charge in [0, 0.05) is 37.6 Å². The smallest absolute Gasteiger partial charge is 0.237 e. The Morgan fingerprint density at radius 2 is 1.79 bits per heavy atom. The average molecular weight is 452 g/mol. The van der Waals surface area contributed by atoms with E-state index in [1.165, 1.54) is 4.90 Å². The molecular formula is C10H7Br2Cl2NO3S. The lowest BCUT2D eigenvalue weighted by Crippen LogP contribution is -2.27. The Morgan fingerprint density at radius 1 is 1.26 bits per heavy atom. The quantitative estimate of drug-likeness (QED) is 0.646. The first-order valence-electron chi connectivity index (χ1n) is 5.08. The third-order valence-corrected chi connectivity index (χ3v) is 6.03. The molecule has 1 unspecified atom stereocenters. The van der Waals surface area contributed by atoms with Gasteiger partial charge in [0.1, 0.15) is 5.25 Å². The first-order chi connectivity index (χ1) is 8.70. The summed E-state index contributed by atoms with van der Waals surface area (Å²) in [6.45, 7) is 0.0312. The van der Waals surface area contributed by atoms with Gasteiger partial charge in [0.05, 0.1) is 5.69 Å². The summed E-state index contributed by atoms with van der Waals surface area (Å²) >= 11 is 12.5. The van der Waals surface area contributed by atoms with E-state index in [2.05, 4.69) is 31.9 Å². The fourth-order valence-electron chi connectivity index (χ4n) is 1.87. The Bertz CT molecular complexity index is 627. The summed E-state index contributed by atoms with van der Waals surface area (Å²) in [5.74, 6) is -0.294. The number of carbonyl (C=O) groups excluding carboxylic acids is 1. The van der Waals surface area contributed by atoms with Crippen molar-refractivity contribution in [2.45, 2.75) is 11.7 Å². The maximum atomic E-state index is 11.9. The minimum atomic E-state index is -3.76. The molecule has 0 spiro atoms. The second kappa shape index (κ2) is 5.52. The van der Waals surface area contributed by atoms with Gasteiger partial charge in [-0.3, -0.25) is 4.79 Å². The van der Waals surface area contributed by atoms with E-state index in [-0.39, 0.29) is 18.9 Å². The van der Waals surface area contributed by atoms with Gasteiger partial charge >= 0.3 is 0 Å². The molecule has 9 heteroatoms. The Labute approximate surface area is 136 Å². The third-order valence-electron chi connectivity index (χ3n) is 2.74. The molecule has 1 amide bonds. The van der Waals surface area contributed by atoms with Crippen molar-refractivity contribution in [2.75, 3.05) is 11.4 Å². The second-order valence-electron chi connectivity index (χ2n) is 4.02. The van der Waals surface area contributed by atoms with Crippen molar-refractivity contribution in [1.82, 2.24) is 0 Å². The zero-order valence-electron chi connectivity index (χ0n) is 9.24. The maximum absolute atomic E-state index is 11.9. The van der Waals surface area contributed by atoms with Crippen LogP contribution in [0.2, 0.25) is 5.02 Å². The van der Waals surface area contributed by atoms with Crippen molar-refractivity contribution >= 4 is 74.8 Å². The Hall–Kier alpha value is 0.180. The molecule has 1 aromatic carbocycles. The van der Waals surface area contributed by atoms with Crippen LogP contribution in [0.3, 0.4) is 0 Å². The monoisotopic (exact) mass is 449 g/mol. The van der Waals surface area contributed by atoms with Crippen molar-refractivity contribution in [2.24, 2.45) is 0 Å². The van der Waals surface area contributed by atoms with Gasteiger partial charge in [-0.05, 0) is 44.0 Å². The van der Waals surface area contributed by atoms with Crippen LogP contribution < -0.4 is 4.90 Å². The van der Waals surface area contributed by atoms with Gasteiger partial charge in [-0.2, -0.15) is 0 Å². The summed E-state index contributed by atoms with van der Waals surface area (Å²) in [6, 6.07) is 3.27. The number of anilines is 1. The van der Waals surface area contributed by atoms with Crippen molar-refractivity contribution in [3.63, 3.8) is 0 Å². The van der Waals surface area contributed by atoms with E-state index in [9.17, 15) is 13.2 Å². The van der Waals surface area contributed by atoms with Gasteiger partial charge < -0.3 is 4.90 Å². The third kappa shape index (κ3) is 3.26. The first kappa shape index (κ1) is 15.6. The highest BCUT2D eigenvalue weighted by Gasteiger charge is 2.39. The average Bonchev–Trinajstić information content (AvgIpc) is 2.59. The number of hydrogen-bond acceptors (Lipinski definition) is 3. The number of nitrogens with zero attached hydrogens (tertiary/aromatic N) is 1. The SMILES string of the molecule is O=C1CC(S(=O)(=O)Cl)CN1c1c(Br)cc(Cl)cc1Br. The molecule has 1 aliphatic rings. The first-order valence-corrected chi connectivity index (χ1v) is 9.42. The van der Waals surface area contributed by atoms with Crippen LogP contribution in [0.1, 0.15) is 6.42 Å². The minimum absolute atomic E-state index is 0.0312. The number of benzene rings is 1. The van der Waals surface area contributed by atoms with Crippen molar-refractivity contribution < 1.29 is 13.2 Å². The molecule has 19 heavy (non-hydrogen) atoms. The molecular weight excluding hydrogens is 445 g/mol. The van der Waals surface area contributed by atoms with E-state index < -0.39 is 14.3 Å². The molecule has 1 saturated heterocycles. The molecule has 0 N–H and O–H groups in total. The van der Waals surface area contributed by atoms with Gasteiger partial charge in [0.15, 0.2) is 0 Å². The molecule has 0 bridgehead atoms. The summed E-state index contributed by atoms with van der Waals surface area (Å²) in [5, 5.41) is -0.396. The largest absolute Gasteiger partial charge is 0.309 e. The fraction of sp³-hybridized carbons (Fsp3) is 0.300. The summed E-state index contributed by atoms with van der Waals surface area (Å²) in [5.41, 5.74) is 0.553. The van der Waals surface area contributed by atoms with E-state index >= 15 is 0 Å². The van der Waals surface area contributed by atoms with Crippen LogP contribution >= 0.6 is 54.1 Å². The zero-order valence-corrected chi connectivity index (χ0v) is 14.7. The highest BCUT2D eigenvalue weighted by molar-refractivity contribution is 9.11. The summed E-state index contributed by atoms with van der Waals surface area (Å²) < 4.78 is 23.9. The lowest BCUT2D eigenvalue weighted by Gasteiger charge is -2.20. The molecule has 1 fully saturated rings. The molecule has 0 aliphatic carbocycles. The molecule has 0 saturated carbocycles. The van der Waals surface area contributed by atoms with E-state index in [1.807, 2.05) is 0 Å². The molecule has 1 heterocycles. The van der Waals surface area contributed by atoms with Gasteiger partial charge in [-0.1, -0.05) is 11.6 Å². The van der Waals surface area contributed by atoms with Crippen LogP contribution in [-0.2, 0) is 13.8 Å². The van der Waals surface area contributed by atoms with E-state index in [1.54, 1.807) is 12.1 Å². The summed E-state index contributed by atoms with van der Waals surface area (Å²) in [6.07, 6.45) is -0.118. The molecule has 1 atom stereocenters. The van der Waals surface area contributed by atoms with E-state index in [0.29, 0.717) is 19.7 Å².